The van der Waals surface area contributed by atoms with E-state index < -0.39 is 0 Å². The molecule has 0 aromatic heterocycles. The monoisotopic (exact) mass is 243 g/mol. The highest BCUT2D eigenvalue weighted by Gasteiger charge is 2.26. The van der Waals surface area contributed by atoms with Crippen LogP contribution in [-0.4, -0.2) is 49.7 Å². The van der Waals surface area contributed by atoms with Crippen molar-refractivity contribution in [3.8, 4) is 0 Å². The van der Waals surface area contributed by atoms with Gasteiger partial charge in [-0.15, -0.1) is 0 Å². The average Bonchev–Trinajstić information content (AvgIpc) is 2.39. The number of carbonyl (C=O) groups excluding carboxylic acids is 2. The van der Waals surface area contributed by atoms with E-state index in [-0.39, 0.29) is 24.4 Å². The Labute approximate surface area is 102 Å². The van der Waals surface area contributed by atoms with Crippen molar-refractivity contribution in [2.75, 3.05) is 26.8 Å². The average molecular weight is 243 g/mol. The maximum Gasteiger partial charge on any atom is 0.307 e. The number of nitrogens with zero attached hydrogens (tertiary/aromatic N) is 1. The molecule has 1 heterocycles. The molecule has 0 saturated carbocycles. The molecular weight excluding hydrogens is 222 g/mol. The van der Waals surface area contributed by atoms with Gasteiger partial charge < -0.3 is 14.4 Å². The second-order valence-electron chi connectivity index (χ2n) is 4.10. The maximum atomic E-state index is 12.1. The Morgan fingerprint density at radius 1 is 1.41 bits per heavy atom. The summed E-state index contributed by atoms with van der Waals surface area (Å²) in [6.07, 6.45) is 2.76. The molecule has 5 heteroatoms. The van der Waals surface area contributed by atoms with Crippen molar-refractivity contribution in [3.63, 3.8) is 0 Å². The number of hydrogen-bond donors (Lipinski definition) is 0. The van der Waals surface area contributed by atoms with E-state index in [1.165, 1.54) is 7.11 Å². The van der Waals surface area contributed by atoms with Crippen molar-refractivity contribution in [3.05, 3.63) is 0 Å². The van der Waals surface area contributed by atoms with E-state index in [9.17, 15) is 9.59 Å². The first-order chi connectivity index (χ1) is 8.19. The van der Waals surface area contributed by atoms with E-state index in [0.29, 0.717) is 19.7 Å². The minimum absolute atomic E-state index is 0.00361. The highest BCUT2D eigenvalue weighted by Crippen LogP contribution is 2.15. The van der Waals surface area contributed by atoms with Crippen LogP contribution in [0.25, 0.3) is 0 Å². The molecule has 0 aromatic carbocycles. The lowest BCUT2D eigenvalue weighted by Gasteiger charge is -2.28. The van der Waals surface area contributed by atoms with Crippen LogP contribution in [0.3, 0.4) is 0 Å². The number of esters is 1. The molecule has 17 heavy (non-hydrogen) atoms. The predicted octanol–water partition coefficient (Wildman–Crippen LogP) is 0.967. The minimum atomic E-state index is -0.318. The quantitative estimate of drug-likeness (QED) is 0.675. The molecule has 1 amide bonds. The molecule has 98 valence electrons. The SMILES string of the molecule is CCN(CCC(=O)OC)C(=O)C1CCCCO1. The van der Waals surface area contributed by atoms with Crippen LogP contribution in [0.1, 0.15) is 32.6 Å². The van der Waals surface area contributed by atoms with Gasteiger partial charge in [0.15, 0.2) is 0 Å². The Kier molecular flexibility index (Phi) is 5.97. The Balaban J connectivity index is 2.42. The van der Waals surface area contributed by atoms with Crippen LogP contribution in [0.4, 0.5) is 0 Å². The van der Waals surface area contributed by atoms with Gasteiger partial charge in [0, 0.05) is 19.7 Å². The lowest BCUT2D eigenvalue weighted by atomic mass is 10.1. The van der Waals surface area contributed by atoms with Gasteiger partial charge in [-0.3, -0.25) is 9.59 Å². The summed E-state index contributed by atoms with van der Waals surface area (Å²) in [5.41, 5.74) is 0. The number of amides is 1. The molecule has 1 rings (SSSR count). The Morgan fingerprint density at radius 2 is 2.18 bits per heavy atom. The summed E-state index contributed by atoms with van der Waals surface area (Å²) in [7, 11) is 1.35. The molecule has 0 bridgehead atoms. The first-order valence-corrected chi connectivity index (χ1v) is 6.16. The minimum Gasteiger partial charge on any atom is -0.469 e. The third-order valence-electron chi connectivity index (χ3n) is 2.96. The molecular formula is C12H21NO4. The number of carbonyl (C=O) groups is 2. The number of rotatable bonds is 5. The van der Waals surface area contributed by atoms with Gasteiger partial charge in [-0.05, 0) is 26.2 Å². The zero-order chi connectivity index (χ0) is 12.7. The van der Waals surface area contributed by atoms with Crippen molar-refractivity contribution < 1.29 is 19.1 Å². The third-order valence-corrected chi connectivity index (χ3v) is 2.96. The Hall–Kier alpha value is -1.10. The zero-order valence-electron chi connectivity index (χ0n) is 10.6. The van der Waals surface area contributed by atoms with E-state index in [1.54, 1.807) is 4.90 Å². The van der Waals surface area contributed by atoms with Gasteiger partial charge in [0.2, 0.25) is 0 Å². The Morgan fingerprint density at radius 3 is 2.71 bits per heavy atom. The second kappa shape index (κ2) is 7.27. The summed E-state index contributed by atoms with van der Waals surface area (Å²) in [4.78, 5) is 24.8. The van der Waals surface area contributed by atoms with Gasteiger partial charge in [0.05, 0.1) is 13.5 Å². The topological polar surface area (TPSA) is 55.8 Å². The van der Waals surface area contributed by atoms with Crippen molar-refractivity contribution in [1.29, 1.82) is 0 Å². The summed E-state index contributed by atoms with van der Waals surface area (Å²) in [6, 6.07) is 0. The summed E-state index contributed by atoms with van der Waals surface area (Å²) in [5.74, 6) is -0.295. The molecule has 1 atom stereocenters. The van der Waals surface area contributed by atoms with Gasteiger partial charge in [-0.25, -0.2) is 0 Å². The van der Waals surface area contributed by atoms with Gasteiger partial charge in [0.25, 0.3) is 5.91 Å². The zero-order valence-corrected chi connectivity index (χ0v) is 10.6. The molecule has 1 fully saturated rings. The second-order valence-corrected chi connectivity index (χ2v) is 4.10. The summed E-state index contributed by atoms with van der Waals surface area (Å²) < 4.78 is 10.0. The normalized spacial score (nSPS) is 19.8. The van der Waals surface area contributed by atoms with E-state index in [1.807, 2.05) is 6.92 Å². The highest BCUT2D eigenvalue weighted by atomic mass is 16.5. The number of hydrogen-bond acceptors (Lipinski definition) is 4. The number of ether oxygens (including phenoxy) is 2. The first kappa shape index (κ1) is 14.0. The summed E-state index contributed by atoms with van der Waals surface area (Å²) in [6.45, 7) is 3.56. The van der Waals surface area contributed by atoms with Crippen LogP contribution in [-0.2, 0) is 19.1 Å². The third kappa shape index (κ3) is 4.34. The Bertz CT molecular complexity index is 261. The fraction of sp³-hybridized carbons (Fsp3) is 0.833. The standard InChI is InChI=1S/C12H21NO4/c1-3-13(8-7-11(14)16-2)12(15)10-6-4-5-9-17-10/h10H,3-9H2,1-2H3. The van der Waals surface area contributed by atoms with E-state index in [4.69, 9.17) is 4.74 Å². The molecule has 0 aliphatic carbocycles. The van der Waals surface area contributed by atoms with Crippen LogP contribution in [0, 0.1) is 0 Å². The molecule has 0 spiro atoms. The maximum absolute atomic E-state index is 12.1. The van der Waals surface area contributed by atoms with Crippen LogP contribution in [0.5, 0.6) is 0 Å². The van der Waals surface area contributed by atoms with Gasteiger partial charge in [-0.2, -0.15) is 0 Å². The molecule has 1 aliphatic rings. The van der Waals surface area contributed by atoms with Crippen LogP contribution < -0.4 is 0 Å². The molecule has 1 unspecified atom stereocenters. The van der Waals surface area contributed by atoms with Crippen molar-refractivity contribution in [1.82, 2.24) is 4.90 Å². The van der Waals surface area contributed by atoms with Crippen molar-refractivity contribution >= 4 is 11.9 Å². The predicted molar refractivity (Wildman–Crippen MR) is 62.5 cm³/mol. The number of likely N-dealkylation sites (N-methyl/N-ethyl adjacent to an activating group) is 1. The highest BCUT2D eigenvalue weighted by molar-refractivity contribution is 5.81. The van der Waals surface area contributed by atoms with Gasteiger partial charge in [0.1, 0.15) is 6.10 Å². The van der Waals surface area contributed by atoms with E-state index in [2.05, 4.69) is 4.74 Å². The molecule has 5 nitrogen and oxygen atoms in total. The summed E-state index contributed by atoms with van der Waals surface area (Å²) >= 11 is 0. The van der Waals surface area contributed by atoms with Crippen LogP contribution in [0.2, 0.25) is 0 Å². The lowest BCUT2D eigenvalue weighted by molar-refractivity contribution is -0.148. The van der Waals surface area contributed by atoms with Crippen LogP contribution in [0.15, 0.2) is 0 Å². The van der Waals surface area contributed by atoms with Crippen molar-refractivity contribution in [2.45, 2.75) is 38.7 Å². The fourth-order valence-corrected chi connectivity index (χ4v) is 1.89. The first-order valence-electron chi connectivity index (χ1n) is 6.16. The largest absolute Gasteiger partial charge is 0.469 e. The lowest BCUT2D eigenvalue weighted by Crippen LogP contribution is -2.42. The number of methoxy groups -OCH3 is 1. The molecule has 1 saturated heterocycles. The van der Waals surface area contributed by atoms with E-state index >= 15 is 0 Å². The summed E-state index contributed by atoms with van der Waals surface area (Å²) in [5, 5.41) is 0. The van der Waals surface area contributed by atoms with Crippen LogP contribution >= 0.6 is 0 Å². The molecule has 1 aliphatic heterocycles. The molecule has 0 aromatic rings. The van der Waals surface area contributed by atoms with Gasteiger partial charge in [-0.1, -0.05) is 0 Å². The van der Waals surface area contributed by atoms with Crippen molar-refractivity contribution in [2.24, 2.45) is 0 Å². The van der Waals surface area contributed by atoms with Gasteiger partial charge >= 0.3 is 5.97 Å². The fourth-order valence-electron chi connectivity index (χ4n) is 1.89. The molecule has 0 radical (unpaired) electrons. The molecule has 0 N–H and O–H groups in total. The smallest absolute Gasteiger partial charge is 0.307 e. The van der Waals surface area contributed by atoms with E-state index in [0.717, 1.165) is 19.3 Å².